The first kappa shape index (κ1) is 13.5. The highest BCUT2D eigenvalue weighted by Gasteiger charge is 2.08. The number of halogens is 2. The van der Waals surface area contributed by atoms with E-state index in [1.807, 2.05) is 31.4 Å². The Morgan fingerprint density at radius 3 is 2.50 bits per heavy atom. The van der Waals surface area contributed by atoms with E-state index in [1.54, 1.807) is 0 Å². The molecule has 2 nitrogen and oxygen atoms in total. The van der Waals surface area contributed by atoms with Crippen LogP contribution in [-0.2, 0) is 6.54 Å². The van der Waals surface area contributed by atoms with Gasteiger partial charge in [-0.05, 0) is 37.7 Å². The number of hydrogen-bond acceptors (Lipinski definition) is 1. The maximum atomic E-state index is 6.17. The highest BCUT2D eigenvalue weighted by atomic mass is 35.5. The first-order valence-corrected chi connectivity index (χ1v) is 6.63. The molecule has 0 amide bonds. The van der Waals surface area contributed by atoms with Crippen molar-refractivity contribution in [2.75, 3.05) is 7.05 Å². The number of benzene rings is 1. The van der Waals surface area contributed by atoms with Gasteiger partial charge in [-0.25, -0.2) is 0 Å². The van der Waals surface area contributed by atoms with Crippen molar-refractivity contribution in [2.24, 2.45) is 0 Å². The number of nitrogens with one attached hydrogen (secondary N) is 1. The second kappa shape index (κ2) is 5.79. The minimum Gasteiger partial charge on any atom is -0.349 e. The van der Waals surface area contributed by atoms with Crippen LogP contribution in [0.1, 0.15) is 24.1 Å². The summed E-state index contributed by atoms with van der Waals surface area (Å²) in [5.74, 6) is 0. The zero-order valence-corrected chi connectivity index (χ0v) is 12.0. The number of nitrogens with zero attached hydrogens (tertiary/aromatic N) is 1. The lowest BCUT2D eigenvalue weighted by molar-refractivity contribution is 0.649. The molecule has 96 valence electrons. The fourth-order valence-corrected chi connectivity index (χ4v) is 2.36. The van der Waals surface area contributed by atoms with Crippen molar-refractivity contribution < 1.29 is 0 Å². The van der Waals surface area contributed by atoms with Crippen LogP contribution in [0.2, 0.25) is 10.0 Å². The van der Waals surface area contributed by atoms with Crippen LogP contribution in [0.25, 0.3) is 0 Å². The molecule has 0 saturated carbocycles. The van der Waals surface area contributed by atoms with Gasteiger partial charge in [0.2, 0.25) is 0 Å². The Morgan fingerprint density at radius 1 is 1.22 bits per heavy atom. The second-order valence-corrected chi connectivity index (χ2v) is 5.14. The third kappa shape index (κ3) is 2.89. The maximum Gasteiger partial charge on any atom is 0.0499 e. The van der Waals surface area contributed by atoms with E-state index in [1.165, 1.54) is 5.56 Å². The highest BCUT2D eigenvalue weighted by Crippen LogP contribution is 2.25. The van der Waals surface area contributed by atoms with Crippen molar-refractivity contribution in [3.63, 3.8) is 0 Å². The van der Waals surface area contributed by atoms with Gasteiger partial charge in [0.15, 0.2) is 0 Å². The Labute approximate surface area is 118 Å². The van der Waals surface area contributed by atoms with Gasteiger partial charge >= 0.3 is 0 Å². The third-order valence-electron chi connectivity index (χ3n) is 3.11. The first-order chi connectivity index (χ1) is 8.61. The quantitative estimate of drug-likeness (QED) is 0.893. The number of hydrogen-bond donors (Lipinski definition) is 1. The van der Waals surface area contributed by atoms with Crippen molar-refractivity contribution in [2.45, 2.75) is 19.5 Å². The molecule has 0 radical (unpaired) electrons. The molecule has 1 aromatic heterocycles. The van der Waals surface area contributed by atoms with Gasteiger partial charge in [-0.15, -0.1) is 0 Å². The summed E-state index contributed by atoms with van der Waals surface area (Å²) in [6.45, 7) is 2.82. The zero-order valence-electron chi connectivity index (χ0n) is 10.5. The van der Waals surface area contributed by atoms with Crippen LogP contribution >= 0.6 is 23.2 Å². The fourth-order valence-electron chi connectivity index (χ4n) is 1.85. The molecule has 0 aliphatic carbocycles. The van der Waals surface area contributed by atoms with Crippen LogP contribution in [0, 0.1) is 0 Å². The molecule has 1 atom stereocenters. The molecule has 0 aliphatic heterocycles. The van der Waals surface area contributed by atoms with Gasteiger partial charge in [-0.3, -0.25) is 0 Å². The SMILES string of the molecule is CNC(C)c1ccn(Cc2c(Cl)cccc2Cl)c1. The maximum absolute atomic E-state index is 6.17. The van der Waals surface area contributed by atoms with Gasteiger partial charge in [-0.2, -0.15) is 0 Å². The van der Waals surface area contributed by atoms with E-state index in [4.69, 9.17) is 23.2 Å². The van der Waals surface area contributed by atoms with Gasteiger partial charge in [0.05, 0.1) is 0 Å². The fraction of sp³-hybridized carbons (Fsp3) is 0.286. The molecular formula is C14H16Cl2N2. The Morgan fingerprint density at radius 2 is 1.89 bits per heavy atom. The average molecular weight is 283 g/mol. The van der Waals surface area contributed by atoms with Crippen LogP contribution in [0.4, 0.5) is 0 Å². The predicted molar refractivity (Wildman–Crippen MR) is 77.5 cm³/mol. The van der Waals surface area contributed by atoms with Gasteiger partial charge in [0.1, 0.15) is 0 Å². The lowest BCUT2D eigenvalue weighted by Crippen LogP contribution is -2.11. The van der Waals surface area contributed by atoms with E-state index in [-0.39, 0.29) is 0 Å². The molecule has 18 heavy (non-hydrogen) atoms. The van der Waals surface area contributed by atoms with E-state index < -0.39 is 0 Å². The molecule has 1 heterocycles. The molecule has 0 fully saturated rings. The van der Waals surface area contributed by atoms with Crippen molar-refractivity contribution in [1.29, 1.82) is 0 Å². The Hall–Kier alpha value is -0.960. The molecular weight excluding hydrogens is 267 g/mol. The summed E-state index contributed by atoms with van der Waals surface area (Å²) >= 11 is 12.3. The van der Waals surface area contributed by atoms with Gasteiger partial charge < -0.3 is 9.88 Å². The predicted octanol–water partition coefficient (Wildman–Crippen LogP) is 4.12. The summed E-state index contributed by atoms with van der Waals surface area (Å²) < 4.78 is 2.09. The molecule has 0 aliphatic rings. The zero-order chi connectivity index (χ0) is 13.1. The lowest BCUT2D eigenvalue weighted by atomic mass is 10.2. The molecule has 2 aromatic rings. The second-order valence-electron chi connectivity index (χ2n) is 4.33. The van der Waals surface area contributed by atoms with Gasteiger partial charge in [-0.1, -0.05) is 29.3 Å². The van der Waals surface area contributed by atoms with E-state index in [0.29, 0.717) is 22.6 Å². The minimum absolute atomic E-state index is 0.341. The Bertz CT molecular complexity index is 514. The van der Waals surface area contributed by atoms with E-state index in [2.05, 4.69) is 29.1 Å². The van der Waals surface area contributed by atoms with Crippen molar-refractivity contribution >= 4 is 23.2 Å². The largest absolute Gasteiger partial charge is 0.349 e. The molecule has 1 aromatic carbocycles. The van der Waals surface area contributed by atoms with Crippen LogP contribution in [0.3, 0.4) is 0 Å². The summed E-state index contributed by atoms with van der Waals surface area (Å²) in [5, 5.41) is 4.63. The van der Waals surface area contributed by atoms with Crippen molar-refractivity contribution in [3.05, 3.63) is 57.8 Å². The standard InChI is InChI=1S/C14H16Cl2N2/c1-10(17-2)11-6-7-18(8-11)9-12-13(15)4-3-5-14(12)16/h3-8,10,17H,9H2,1-2H3. The summed E-state index contributed by atoms with van der Waals surface area (Å²) in [7, 11) is 1.95. The normalized spacial score (nSPS) is 12.7. The lowest BCUT2D eigenvalue weighted by Gasteiger charge is -2.09. The van der Waals surface area contributed by atoms with E-state index >= 15 is 0 Å². The topological polar surface area (TPSA) is 17.0 Å². The Balaban J connectivity index is 2.21. The molecule has 2 rings (SSSR count). The van der Waals surface area contributed by atoms with Crippen molar-refractivity contribution in [3.8, 4) is 0 Å². The van der Waals surface area contributed by atoms with Gasteiger partial charge in [0, 0.05) is 40.6 Å². The molecule has 1 unspecified atom stereocenters. The summed E-state index contributed by atoms with van der Waals surface area (Å²) in [5.41, 5.74) is 2.21. The minimum atomic E-state index is 0.341. The summed E-state index contributed by atoms with van der Waals surface area (Å²) in [4.78, 5) is 0. The highest BCUT2D eigenvalue weighted by molar-refractivity contribution is 6.35. The molecule has 0 spiro atoms. The van der Waals surface area contributed by atoms with Crippen LogP contribution in [0.5, 0.6) is 0 Å². The van der Waals surface area contributed by atoms with E-state index in [0.717, 1.165) is 5.56 Å². The number of aromatic nitrogens is 1. The average Bonchev–Trinajstić information content (AvgIpc) is 2.81. The number of rotatable bonds is 4. The molecule has 0 saturated heterocycles. The smallest absolute Gasteiger partial charge is 0.0499 e. The van der Waals surface area contributed by atoms with Gasteiger partial charge in [0.25, 0.3) is 0 Å². The molecule has 1 N–H and O–H groups in total. The molecule has 4 heteroatoms. The monoisotopic (exact) mass is 282 g/mol. The van der Waals surface area contributed by atoms with Crippen LogP contribution in [-0.4, -0.2) is 11.6 Å². The van der Waals surface area contributed by atoms with E-state index in [9.17, 15) is 0 Å². The van der Waals surface area contributed by atoms with Crippen LogP contribution in [0.15, 0.2) is 36.7 Å². The summed E-state index contributed by atoms with van der Waals surface area (Å²) in [6, 6.07) is 8.03. The third-order valence-corrected chi connectivity index (χ3v) is 3.82. The first-order valence-electron chi connectivity index (χ1n) is 5.87. The summed E-state index contributed by atoms with van der Waals surface area (Å²) in [6.07, 6.45) is 4.16. The molecule has 0 bridgehead atoms. The van der Waals surface area contributed by atoms with Crippen LogP contribution < -0.4 is 5.32 Å². The van der Waals surface area contributed by atoms with Crippen molar-refractivity contribution in [1.82, 2.24) is 9.88 Å². The Kier molecular flexibility index (Phi) is 4.33.